The number of phenols is 3. The summed E-state index contributed by atoms with van der Waals surface area (Å²) in [6.45, 7) is 0. The number of ether oxygens (including phenoxy) is 1. The molecule has 0 fully saturated rings. The molecule has 0 atom stereocenters. The molecule has 0 saturated carbocycles. The highest BCUT2D eigenvalue weighted by Crippen LogP contribution is 2.32. The summed E-state index contributed by atoms with van der Waals surface area (Å²) in [6, 6.07) is 27.8. The van der Waals surface area contributed by atoms with Crippen LogP contribution in [0.25, 0.3) is 0 Å². The number of para-hydroxylation sites is 1. The second-order valence-corrected chi connectivity index (χ2v) is 7.85. The van der Waals surface area contributed by atoms with Crippen molar-refractivity contribution in [3.05, 3.63) is 113 Å². The van der Waals surface area contributed by atoms with Crippen molar-refractivity contribution in [3.63, 3.8) is 0 Å². The smallest absolute Gasteiger partial charge is 0.169 e. The highest BCUT2D eigenvalue weighted by molar-refractivity contribution is 5.45. The molecular formula is C28H26O4. The predicted molar refractivity (Wildman–Crippen MR) is 126 cm³/mol. The van der Waals surface area contributed by atoms with Crippen molar-refractivity contribution >= 4 is 0 Å². The van der Waals surface area contributed by atoms with E-state index in [1.165, 1.54) is 5.56 Å². The minimum atomic E-state index is 0.0873. The second kappa shape index (κ2) is 9.92. The van der Waals surface area contributed by atoms with Crippen molar-refractivity contribution in [2.45, 2.75) is 25.7 Å². The van der Waals surface area contributed by atoms with Crippen molar-refractivity contribution in [1.29, 1.82) is 0 Å². The van der Waals surface area contributed by atoms with Gasteiger partial charge in [0.2, 0.25) is 0 Å². The Morgan fingerprint density at radius 1 is 0.531 bits per heavy atom. The average molecular weight is 427 g/mol. The van der Waals surface area contributed by atoms with Crippen LogP contribution in [0.4, 0.5) is 0 Å². The molecule has 0 saturated heterocycles. The largest absolute Gasteiger partial charge is 0.508 e. The predicted octanol–water partition coefficient (Wildman–Crippen LogP) is 6.17. The van der Waals surface area contributed by atoms with Crippen LogP contribution in [-0.2, 0) is 25.7 Å². The molecule has 0 amide bonds. The van der Waals surface area contributed by atoms with E-state index < -0.39 is 0 Å². The molecule has 4 aromatic rings. The van der Waals surface area contributed by atoms with Gasteiger partial charge in [-0.15, -0.1) is 0 Å². The maximum Gasteiger partial charge on any atom is 0.169 e. The fraction of sp³-hybridized carbons (Fsp3) is 0.143. The minimum Gasteiger partial charge on any atom is -0.508 e. The molecular weight excluding hydrogens is 400 g/mol. The molecule has 4 nitrogen and oxygen atoms in total. The van der Waals surface area contributed by atoms with Crippen molar-refractivity contribution in [3.8, 4) is 28.7 Å². The molecule has 0 aliphatic carbocycles. The Balaban J connectivity index is 1.37. The van der Waals surface area contributed by atoms with Gasteiger partial charge in [0, 0.05) is 0 Å². The lowest BCUT2D eigenvalue weighted by atomic mass is 10.0. The normalized spacial score (nSPS) is 10.8. The van der Waals surface area contributed by atoms with E-state index in [0.717, 1.165) is 36.0 Å². The van der Waals surface area contributed by atoms with Gasteiger partial charge >= 0.3 is 0 Å². The summed E-state index contributed by atoms with van der Waals surface area (Å²) in [5.41, 5.74) is 4.17. The fourth-order valence-corrected chi connectivity index (χ4v) is 3.65. The van der Waals surface area contributed by atoms with Crippen LogP contribution < -0.4 is 4.74 Å². The summed E-state index contributed by atoms with van der Waals surface area (Å²) in [7, 11) is 0. The van der Waals surface area contributed by atoms with Crippen molar-refractivity contribution in [1.82, 2.24) is 0 Å². The maximum absolute atomic E-state index is 10.2. The van der Waals surface area contributed by atoms with Crippen LogP contribution in [0.15, 0.2) is 91.0 Å². The van der Waals surface area contributed by atoms with Gasteiger partial charge in [0.1, 0.15) is 17.2 Å². The van der Waals surface area contributed by atoms with Crippen LogP contribution in [0.1, 0.15) is 22.3 Å². The van der Waals surface area contributed by atoms with Gasteiger partial charge in [-0.25, -0.2) is 0 Å². The number of phenolic OH excluding ortho intramolecular Hbond substituents is 3. The number of aryl methyl sites for hydroxylation is 4. The van der Waals surface area contributed by atoms with E-state index in [1.54, 1.807) is 24.3 Å². The first-order chi connectivity index (χ1) is 15.6. The monoisotopic (exact) mass is 426 g/mol. The maximum atomic E-state index is 10.2. The van der Waals surface area contributed by atoms with Gasteiger partial charge in [0.05, 0.1) is 0 Å². The molecule has 0 aliphatic rings. The lowest BCUT2D eigenvalue weighted by molar-refractivity contribution is 0.410. The first kappa shape index (κ1) is 21.3. The molecule has 3 N–H and O–H groups in total. The van der Waals surface area contributed by atoms with Crippen LogP contribution in [0.5, 0.6) is 28.7 Å². The minimum absolute atomic E-state index is 0.0873. The third-order valence-corrected chi connectivity index (χ3v) is 5.46. The van der Waals surface area contributed by atoms with Crippen LogP contribution in [0.3, 0.4) is 0 Å². The molecule has 32 heavy (non-hydrogen) atoms. The highest BCUT2D eigenvalue weighted by atomic mass is 16.5. The molecule has 0 unspecified atom stereocenters. The summed E-state index contributed by atoms with van der Waals surface area (Å²) in [5.74, 6) is 1.73. The van der Waals surface area contributed by atoms with Crippen LogP contribution in [-0.4, -0.2) is 15.3 Å². The Bertz CT molecular complexity index is 1180. The number of rotatable bonds is 8. The van der Waals surface area contributed by atoms with Crippen molar-refractivity contribution < 1.29 is 20.1 Å². The molecule has 0 heterocycles. The topological polar surface area (TPSA) is 69.9 Å². The van der Waals surface area contributed by atoms with Crippen LogP contribution >= 0.6 is 0 Å². The van der Waals surface area contributed by atoms with Gasteiger partial charge in [0.25, 0.3) is 0 Å². The van der Waals surface area contributed by atoms with Gasteiger partial charge < -0.3 is 20.1 Å². The molecule has 0 radical (unpaired) electrons. The fourth-order valence-electron chi connectivity index (χ4n) is 3.65. The summed E-state index contributed by atoms with van der Waals surface area (Å²) in [5, 5.41) is 29.8. The van der Waals surface area contributed by atoms with Crippen molar-refractivity contribution in [2.24, 2.45) is 0 Å². The molecule has 0 spiro atoms. The van der Waals surface area contributed by atoms with E-state index in [-0.39, 0.29) is 11.5 Å². The van der Waals surface area contributed by atoms with E-state index in [9.17, 15) is 15.3 Å². The molecule has 4 aromatic carbocycles. The standard InChI is InChI=1S/C28H26O4/c29-24-6-3-4-21(18-24)9-8-20-11-15-25(16-12-20)32-28-19-22(13-17-27(28)31)10-14-23-5-1-2-7-26(23)30/h1-7,11-13,15-19,29-31H,8-10,14H2. The van der Waals surface area contributed by atoms with Crippen molar-refractivity contribution in [2.75, 3.05) is 0 Å². The van der Waals surface area contributed by atoms with Crippen LogP contribution in [0.2, 0.25) is 0 Å². The Hall–Kier alpha value is -3.92. The Morgan fingerprint density at radius 3 is 2.00 bits per heavy atom. The number of aromatic hydroxyl groups is 3. The first-order valence-electron chi connectivity index (χ1n) is 10.7. The van der Waals surface area contributed by atoms with E-state index in [2.05, 4.69) is 0 Å². The SMILES string of the molecule is Oc1cccc(CCc2ccc(Oc3cc(CCc4ccccc4O)ccc3O)cc2)c1. The molecule has 4 heteroatoms. The zero-order valence-corrected chi connectivity index (χ0v) is 17.7. The second-order valence-electron chi connectivity index (χ2n) is 7.85. The summed E-state index contributed by atoms with van der Waals surface area (Å²) >= 11 is 0. The van der Waals surface area contributed by atoms with Crippen LogP contribution in [0, 0.1) is 0 Å². The lowest BCUT2D eigenvalue weighted by Crippen LogP contribution is -1.94. The summed E-state index contributed by atoms with van der Waals surface area (Å²) in [4.78, 5) is 0. The van der Waals surface area contributed by atoms with Gasteiger partial charge in [-0.3, -0.25) is 0 Å². The summed E-state index contributed by atoms with van der Waals surface area (Å²) < 4.78 is 5.93. The Labute approximate surface area is 188 Å². The molecule has 4 rings (SSSR count). The quantitative estimate of drug-likeness (QED) is 0.315. The van der Waals surface area contributed by atoms with E-state index in [4.69, 9.17) is 4.74 Å². The average Bonchev–Trinajstić information content (AvgIpc) is 2.80. The van der Waals surface area contributed by atoms with E-state index in [0.29, 0.717) is 23.7 Å². The van der Waals surface area contributed by atoms with Gasteiger partial charge in [-0.1, -0.05) is 48.5 Å². The zero-order valence-electron chi connectivity index (χ0n) is 17.7. The number of hydrogen-bond donors (Lipinski definition) is 3. The molecule has 0 aromatic heterocycles. The molecule has 0 aliphatic heterocycles. The molecule has 0 bridgehead atoms. The number of benzene rings is 4. The lowest BCUT2D eigenvalue weighted by Gasteiger charge is -2.11. The zero-order chi connectivity index (χ0) is 22.3. The van der Waals surface area contributed by atoms with Gasteiger partial charge in [-0.05, 0) is 90.4 Å². The van der Waals surface area contributed by atoms with E-state index in [1.807, 2.05) is 66.7 Å². The Morgan fingerprint density at radius 2 is 1.22 bits per heavy atom. The first-order valence-corrected chi connectivity index (χ1v) is 10.7. The van der Waals surface area contributed by atoms with Gasteiger partial charge in [-0.2, -0.15) is 0 Å². The van der Waals surface area contributed by atoms with E-state index >= 15 is 0 Å². The summed E-state index contributed by atoms with van der Waals surface area (Å²) in [6.07, 6.45) is 3.12. The molecule has 162 valence electrons. The Kier molecular flexibility index (Phi) is 6.61. The number of hydrogen-bond acceptors (Lipinski definition) is 4. The third kappa shape index (κ3) is 5.61. The van der Waals surface area contributed by atoms with Gasteiger partial charge in [0.15, 0.2) is 11.5 Å². The third-order valence-electron chi connectivity index (χ3n) is 5.46. The highest BCUT2D eigenvalue weighted by Gasteiger charge is 2.08.